The second-order valence-electron chi connectivity index (χ2n) is 4.45. The van der Waals surface area contributed by atoms with E-state index in [0.29, 0.717) is 23.5 Å². The van der Waals surface area contributed by atoms with Gasteiger partial charge in [0.05, 0.1) is 18.4 Å². The van der Waals surface area contributed by atoms with Crippen LogP contribution >= 0.6 is 0 Å². The zero-order valence-corrected chi connectivity index (χ0v) is 11.8. The van der Waals surface area contributed by atoms with E-state index in [4.69, 9.17) is 5.11 Å². The van der Waals surface area contributed by atoms with Crippen molar-refractivity contribution >= 4 is 17.8 Å². The summed E-state index contributed by atoms with van der Waals surface area (Å²) in [5.41, 5.74) is 1.08. The number of aromatic nitrogens is 1. The van der Waals surface area contributed by atoms with Gasteiger partial charge in [0.2, 0.25) is 0 Å². The molecule has 1 heterocycles. The number of methoxy groups -OCH3 is 1. The number of hydrogen-bond donors (Lipinski definition) is 2. The van der Waals surface area contributed by atoms with E-state index in [1.165, 1.54) is 7.11 Å². The molecule has 0 aliphatic carbocycles. The van der Waals surface area contributed by atoms with Gasteiger partial charge in [-0.05, 0) is 31.9 Å². The summed E-state index contributed by atoms with van der Waals surface area (Å²) in [7, 11) is 1.34. The fourth-order valence-corrected chi connectivity index (χ4v) is 1.78. The van der Waals surface area contributed by atoms with Crippen molar-refractivity contribution in [3.05, 3.63) is 23.4 Å². The van der Waals surface area contributed by atoms with Gasteiger partial charge in [-0.15, -0.1) is 0 Å². The first-order valence-corrected chi connectivity index (χ1v) is 6.56. The van der Waals surface area contributed by atoms with Gasteiger partial charge >= 0.3 is 11.9 Å². The molecule has 20 heavy (non-hydrogen) atoms. The predicted octanol–water partition coefficient (Wildman–Crippen LogP) is 2.23. The summed E-state index contributed by atoms with van der Waals surface area (Å²) in [4.78, 5) is 26.0. The molecule has 2 N–H and O–H groups in total. The van der Waals surface area contributed by atoms with Crippen LogP contribution in [0.2, 0.25) is 0 Å². The summed E-state index contributed by atoms with van der Waals surface area (Å²) in [5.74, 6) is -0.447. The van der Waals surface area contributed by atoms with Crippen LogP contribution in [-0.4, -0.2) is 35.7 Å². The number of anilines is 1. The molecule has 1 aromatic heterocycles. The lowest BCUT2D eigenvalue weighted by Gasteiger charge is -2.08. The monoisotopic (exact) mass is 280 g/mol. The van der Waals surface area contributed by atoms with Gasteiger partial charge in [0.1, 0.15) is 5.82 Å². The predicted molar refractivity (Wildman–Crippen MR) is 74.9 cm³/mol. The Hall–Kier alpha value is -2.11. The molecule has 6 heteroatoms. The second kappa shape index (κ2) is 8.14. The number of unbranched alkanes of at least 4 members (excludes halogenated alkanes) is 2. The minimum Gasteiger partial charge on any atom is -0.481 e. The van der Waals surface area contributed by atoms with Crippen LogP contribution in [0, 0.1) is 6.92 Å². The maximum absolute atomic E-state index is 11.4. The number of nitrogens with one attached hydrogen (secondary N) is 1. The van der Waals surface area contributed by atoms with Crippen LogP contribution in [0.15, 0.2) is 12.1 Å². The Bertz CT molecular complexity index is 474. The van der Waals surface area contributed by atoms with Crippen molar-refractivity contribution in [2.75, 3.05) is 19.0 Å². The topological polar surface area (TPSA) is 88.5 Å². The highest BCUT2D eigenvalue weighted by molar-refractivity contribution is 5.90. The summed E-state index contributed by atoms with van der Waals surface area (Å²) in [5, 5.41) is 11.7. The van der Waals surface area contributed by atoms with Crippen molar-refractivity contribution in [3.8, 4) is 0 Å². The van der Waals surface area contributed by atoms with E-state index in [1.54, 1.807) is 19.1 Å². The van der Waals surface area contributed by atoms with Gasteiger partial charge in [-0.3, -0.25) is 4.79 Å². The van der Waals surface area contributed by atoms with Gasteiger partial charge in [-0.2, -0.15) is 0 Å². The minimum atomic E-state index is -0.756. The third kappa shape index (κ3) is 5.26. The third-order valence-corrected chi connectivity index (χ3v) is 2.86. The largest absolute Gasteiger partial charge is 0.481 e. The first-order chi connectivity index (χ1) is 9.54. The lowest BCUT2D eigenvalue weighted by molar-refractivity contribution is -0.137. The number of carboxylic acid groups (broad SMARTS) is 1. The lowest BCUT2D eigenvalue weighted by Crippen LogP contribution is -2.08. The number of pyridine rings is 1. The van der Waals surface area contributed by atoms with Crippen molar-refractivity contribution in [1.29, 1.82) is 0 Å². The van der Waals surface area contributed by atoms with Crippen LogP contribution in [0.4, 0.5) is 5.82 Å². The molecule has 6 nitrogen and oxygen atoms in total. The Kier molecular flexibility index (Phi) is 6.49. The number of ether oxygens (including phenoxy) is 1. The molecule has 1 aromatic rings. The van der Waals surface area contributed by atoms with Crippen LogP contribution in [0.1, 0.15) is 41.7 Å². The Labute approximate surface area is 118 Å². The molecule has 0 aliphatic rings. The molecule has 0 saturated carbocycles. The van der Waals surface area contributed by atoms with Gasteiger partial charge in [0.15, 0.2) is 0 Å². The highest BCUT2D eigenvalue weighted by atomic mass is 16.5. The smallest absolute Gasteiger partial charge is 0.339 e. The van der Waals surface area contributed by atoms with Gasteiger partial charge in [0.25, 0.3) is 0 Å². The van der Waals surface area contributed by atoms with Crippen LogP contribution < -0.4 is 5.32 Å². The zero-order chi connectivity index (χ0) is 15.0. The SMILES string of the molecule is COC(=O)c1ccc(NCCCCCC(=O)O)nc1C. The number of hydrogen-bond acceptors (Lipinski definition) is 5. The van der Waals surface area contributed by atoms with Crippen LogP contribution in [0.25, 0.3) is 0 Å². The van der Waals surface area contributed by atoms with E-state index in [9.17, 15) is 9.59 Å². The zero-order valence-electron chi connectivity index (χ0n) is 11.8. The highest BCUT2D eigenvalue weighted by Crippen LogP contribution is 2.12. The van der Waals surface area contributed by atoms with E-state index in [-0.39, 0.29) is 6.42 Å². The van der Waals surface area contributed by atoms with E-state index in [2.05, 4.69) is 15.0 Å². The molecular formula is C14H20N2O4. The first kappa shape index (κ1) is 15.9. The Morgan fingerprint density at radius 2 is 2.05 bits per heavy atom. The van der Waals surface area contributed by atoms with Gasteiger partial charge in [-0.25, -0.2) is 9.78 Å². The summed E-state index contributed by atoms with van der Waals surface area (Å²) in [6.45, 7) is 2.48. The highest BCUT2D eigenvalue weighted by Gasteiger charge is 2.10. The summed E-state index contributed by atoms with van der Waals surface area (Å²) in [6.07, 6.45) is 2.64. The molecule has 0 radical (unpaired) electrons. The molecule has 1 rings (SSSR count). The Morgan fingerprint density at radius 1 is 1.30 bits per heavy atom. The fraction of sp³-hybridized carbons (Fsp3) is 0.500. The second-order valence-corrected chi connectivity index (χ2v) is 4.45. The van der Waals surface area contributed by atoms with Crippen molar-refractivity contribution in [2.24, 2.45) is 0 Å². The van der Waals surface area contributed by atoms with Gasteiger partial charge in [0, 0.05) is 13.0 Å². The summed E-state index contributed by atoms with van der Waals surface area (Å²) in [6, 6.07) is 3.41. The maximum atomic E-state index is 11.4. The van der Waals surface area contributed by atoms with Crippen molar-refractivity contribution < 1.29 is 19.4 Å². The average molecular weight is 280 g/mol. The first-order valence-electron chi connectivity index (χ1n) is 6.56. The number of carbonyl (C=O) groups is 2. The number of aliphatic carboxylic acids is 1. The summed E-state index contributed by atoms with van der Waals surface area (Å²) >= 11 is 0. The fourth-order valence-electron chi connectivity index (χ4n) is 1.78. The number of carbonyl (C=O) groups excluding carboxylic acids is 1. The number of aryl methyl sites for hydroxylation is 1. The van der Waals surface area contributed by atoms with Gasteiger partial charge < -0.3 is 15.2 Å². The molecule has 0 fully saturated rings. The molecule has 0 bridgehead atoms. The van der Waals surface area contributed by atoms with Crippen LogP contribution in [0.3, 0.4) is 0 Å². The van der Waals surface area contributed by atoms with E-state index >= 15 is 0 Å². The lowest BCUT2D eigenvalue weighted by atomic mass is 10.2. The number of esters is 1. The van der Waals surface area contributed by atoms with Crippen LogP contribution in [0.5, 0.6) is 0 Å². The van der Waals surface area contributed by atoms with Gasteiger partial charge in [-0.1, -0.05) is 6.42 Å². The van der Waals surface area contributed by atoms with Crippen LogP contribution in [-0.2, 0) is 9.53 Å². The number of carboxylic acids is 1. The molecule has 0 spiro atoms. The van der Waals surface area contributed by atoms with E-state index in [1.807, 2.05) is 0 Å². The average Bonchev–Trinajstić information content (AvgIpc) is 2.41. The quantitative estimate of drug-likeness (QED) is 0.561. The molecule has 110 valence electrons. The molecule has 0 aliphatic heterocycles. The minimum absolute atomic E-state index is 0.213. The Morgan fingerprint density at radius 3 is 2.65 bits per heavy atom. The number of rotatable bonds is 8. The molecule has 0 saturated heterocycles. The molecule has 0 amide bonds. The molecule has 0 aromatic carbocycles. The number of nitrogens with zero attached hydrogens (tertiary/aromatic N) is 1. The Balaban J connectivity index is 2.36. The normalized spacial score (nSPS) is 10.1. The maximum Gasteiger partial charge on any atom is 0.339 e. The molecular weight excluding hydrogens is 260 g/mol. The molecule has 0 atom stereocenters. The summed E-state index contributed by atoms with van der Waals surface area (Å²) < 4.78 is 4.65. The van der Waals surface area contributed by atoms with E-state index < -0.39 is 11.9 Å². The van der Waals surface area contributed by atoms with Crippen molar-refractivity contribution in [3.63, 3.8) is 0 Å². The third-order valence-electron chi connectivity index (χ3n) is 2.86. The van der Waals surface area contributed by atoms with Crippen molar-refractivity contribution in [1.82, 2.24) is 4.98 Å². The van der Waals surface area contributed by atoms with E-state index in [0.717, 1.165) is 19.4 Å². The molecule has 0 unspecified atom stereocenters. The van der Waals surface area contributed by atoms with Crippen molar-refractivity contribution in [2.45, 2.75) is 32.6 Å². The standard InChI is InChI=1S/C14H20N2O4/c1-10-11(14(19)20-2)7-8-12(16-10)15-9-5-3-4-6-13(17)18/h7-8H,3-6,9H2,1-2H3,(H,15,16)(H,17,18).